The van der Waals surface area contributed by atoms with Crippen molar-refractivity contribution in [3.63, 3.8) is 0 Å². The SMILES string of the molecule is CCCC(=O)N(CCC(=O)O)c1c(Cl)cccc1Cl. The van der Waals surface area contributed by atoms with Gasteiger partial charge >= 0.3 is 5.97 Å². The first-order valence-electron chi connectivity index (χ1n) is 5.93. The molecule has 0 heterocycles. The lowest BCUT2D eigenvalue weighted by Crippen LogP contribution is -2.33. The Morgan fingerprint density at radius 3 is 2.26 bits per heavy atom. The summed E-state index contributed by atoms with van der Waals surface area (Å²) in [7, 11) is 0. The first kappa shape index (κ1) is 15.8. The average molecular weight is 304 g/mol. The van der Waals surface area contributed by atoms with Crippen LogP contribution in [0.5, 0.6) is 0 Å². The molecule has 4 nitrogen and oxygen atoms in total. The standard InChI is InChI=1S/C13H15Cl2NO3/c1-2-4-11(17)16(8-7-12(18)19)13-9(14)5-3-6-10(13)15/h3,5-6H,2,4,7-8H2,1H3,(H,18,19). The normalized spacial score (nSPS) is 10.3. The van der Waals surface area contributed by atoms with Gasteiger partial charge in [0.1, 0.15) is 0 Å². The Bertz CT molecular complexity index is 457. The van der Waals surface area contributed by atoms with Crippen LogP contribution in [0.2, 0.25) is 10.0 Å². The molecule has 0 unspecified atom stereocenters. The van der Waals surface area contributed by atoms with Gasteiger partial charge in [0.2, 0.25) is 5.91 Å². The highest BCUT2D eigenvalue weighted by molar-refractivity contribution is 6.39. The van der Waals surface area contributed by atoms with Crippen molar-refractivity contribution in [2.75, 3.05) is 11.4 Å². The zero-order valence-electron chi connectivity index (χ0n) is 10.5. The lowest BCUT2D eigenvalue weighted by molar-refractivity contribution is -0.136. The number of nitrogens with zero attached hydrogens (tertiary/aromatic N) is 1. The molecule has 0 radical (unpaired) electrons. The largest absolute Gasteiger partial charge is 0.481 e. The third-order valence-corrected chi connectivity index (χ3v) is 3.13. The van der Waals surface area contributed by atoms with Gasteiger partial charge in [-0.25, -0.2) is 0 Å². The quantitative estimate of drug-likeness (QED) is 0.873. The summed E-state index contributed by atoms with van der Waals surface area (Å²) >= 11 is 12.1. The van der Waals surface area contributed by atoms with Gasteiger partial charge in [0.15, 0.2) is 0 Å². The van der Waals surface area contributed by atoms with E-state index >= 15 is 0 Å². The van der Waals surface area contributed by atoms with Gasteiger partial charge in [0, 0.05) is 13.0 Å². The highest BCUT2D eigenvalue weighted by Gasteiger charge is 2.21. The second-order valence-corrected chi connectivity index (χ2v) is 4.82. The Kier molecular flexibility index (Phi) is 6.12. The lowest BCUT2D eigenvalue weighted by Gasteiger charge is -2.24. The van der Waals surface area contributed by atoms with E-state index in [0.29, 0.717) is 28.6 Å². The van der Waals surface area contributed by atoms with Crippen molar-refractivity contribution in [1.82, 2.24) is 0 Å². The summed E-state index contributed by atoms with van der Waals surface area (Å²) in [6.45, 7) is 1.93. The van der Waals surface area contributed by atoms with Gasteiger partial charge in [-0.15, -0.1) is 0 Å². The fraction of sp³-hybridized carbons (Fsp3) is 0.385. The molecule has 0 aliphatic heterocycles. The molecule has 19 heavy (non-hydrogen) atoms. The number of carboxylic acids is 1. The Morgan fingerprint density at radius 2 is 1.79 bits per heavy atom. The summed E-state index contributed by atoms with van der Waals surface area (Å²) in [5.41, 5.74) is 0.380. The molecule has 1 N–H and O–H groups in total. The van der Waals surface area contributed by atoms with Crippen LogP contribution in [-0.4, -0.2) is 23.5 Å². The zero-order chi connectivity index (χ0) is 14.4. The van der Waals surface area contributed by atoms with Crippen molar-refractivity contribution in [2.24, 2.45) is 0 Å². The zero-order valence-corrected chi connectivity index (χ0v) is 12.0. The number of amides is 1. The number of carboxylic acid groups (broad SMARTS) is 1. The highest BCUT2D eigenvalue weighted by Crippen LogP contribution is 2.34. The predicted molar refractivity (Wildman–Crippen MR) is 76.0 cm³/mol. The summed E-state index contributed by atoms with van der Waals surface area (Å²) < 4.78 is 0. The van der Waals surface area contributed by atoms with Crippen molar-refractivity contribution < 1.29 is 14.7 Å². The molecule has 1 aromatic rings. The van der Waals surface area contributed by atoms with E-state index in [1.165, 1.54) is 4.90 Å². The third kappa shape index (κ3) is 4.40. The van der Waals surface area contributed by atoms with Crippen LogP contribution in [0.3, 0.4) is 0 Å². The van der Waals surface area contributed by atoms with Crippen LogP contribution in [-0.2, 0) is 9.59 Å². The van der Waals surface area contributed by atoms with Crippen molar-refractivity contribution in [3.8, 4) is 0 Å². The van der Waals surface area contributed by atoms with Gasteiger partial charge in [-0.05, 0) is 18.6 Å². The van der Waals surface area contributed by atoms with Crippen LogP contribution in [0.15, 0.2) is 18.2 Å². The maximum atomic E-state index is 12.1. The van der Waals surface area contributed by atoms with Gasteiger partial charge < -0.3 is 10.0 Å². The molecular weight excluding hydrogens is 289 g/mol. The topological polar surface area (TPSA) is 57.6 Å². The van der Waals surface area contributed by atoms with E-state index in [1.54, 1.807) is 18.2 Å². The Morgan fingerprint density at radius 1 is 1.21 bits per heavy atom. The Balaban J connectivity index is 3.07. The minimum atomic E-state index is -0.975. The van der Waals surface area contributed by atoms with Crippen molar-refractivity contribution >= 4 is 40.8 Å². The molecule has 0 saturated heterocycles. The van der Waals surface area contributed by atoms with E-state index in [-0.39, 0.29) is 18.9 Å². The molecule has 104 valence electrons. The first-order chi connectivity index (χ1) is 8.97. The molecule has 0 bridgehead atoms. The van der Waals surface area contributed by atoms with E-state index in [0.717, 1.165) is 0 Å². The van der Waals surface area contributed by atoms with Crippen LogP contribution in [0.4, 0.5) is 5.69 Å². The van der Waals surface area contributed by atoms with E-state index < -0.39 is 5.97 Å². The minimum Gasteiger partial charge on any atom is -0.481 e. The minimum absolute atomic E-state index is 0.0532. The number of aliphatic carboxylic acids is 1. The first-order valence-corrected chi connectivity index (χ1v) is 6.69. The second kappa shape index (κ2) is 7.36. The molecule has 0 aromatic heterocycles. The number of benzene rings is 1. The van der Waals surface area contributed by atoms with Crippen LogP contribution in [0, 0.1) is 0 Å². The van der Waals surface area contributed by atoms with Crippen LogP contribution < -0.4 is 4.90 Å². The molecule has 0 fully saturated rings. The monoisotopic (exact) mass is 303 g/mol. The fourth-order valence-corrected chi connectivity index (χ4v) is 2.27. The predicted octanol–water partition coefficient (Wildman–Crippen LogP) is 3.60. The number of hydrogen-bond acceptors (Lipinski definition) is 2. The maximum absolute atomic E-state index is 12.1. The molecule has 1 amide bonds. The smallest absolute Gasteiger partial charge is 0.305 e. The highest BCUT2D eigenvalue weighted by atomic mass is 35.5. The van der Waals surface area contributed by atoms with E-state index in [1.807, 2.05) is 6.92 Å². The average Bonchev–Trinajstić information content (AvgIpc) is 2.32. The Labute approximate surface area is 121 Å². The number of halogens is 2. The molecule has 0 aliphatic carbocycles. The number of anilines is 1. The molecule has 6 heteroatoms. The molecular formula is C13H15Cl2NO3. The fourth-order valence-electron chi connectivity index (χ4n) is 1.66. The van der Waals surface area contributed by atoms with E-state index in [9.17, 15) is 9.59 Å². The summed E-state index contributed by atoms with van der Waals surface area (Å²) in [6, 6.07) is 4.92. The molecule has 0 aliphatic rings. The second-order valence-electron chi connectivity index (χ2n) is 4.01. The third-order valence-electron chi connectivity index (χ3n) is 2.52. The molecule has 1 rings (SSSR count). The summed E-state index contributed by atoms with van der Waals surface area (Å²) in [5.74, 6) is -1.16. The lowest BCUT2D eigenvalue weighted by atomic mass is 10.2. The van der Waals surface area contributed by atoms with Gasteiger partial charge in [0.25, 0.3) is 0 Å². The van der Waals surface area contributed by atoms with Crippen molar-refractivity contribution in [2.45, 2.75) is 26.2 Å². The number of rotatable bonds is 6. The van der Waals surface area contributed by atoms with Crippen LogP contribution in [0.25, 0.3) is 0 Å². The maximum Gasteiger partial charge on any atom is 0.305 e. The number of para-hydroxylation sites is 1. The molecule has 0 saturated carbocycles. The molecule has 0 atom stereocenters. The summed E-state index contributed by atoms with van der Waals surface area (Å²) in [5, 5.41) is 9.43. The number of carbonyl (C=O) groups excluding carboxylic acids is 1. The molecule has 0 spiro atoms. The number of hydrogen-bond donors (Lipinski definition) is 1. The van der Waals surface area contributed by atoms with Gasteiger partial charge in [0.05, 0.1) is 22.2 Å². The van der Waals surface area contributed by atoms with E-state index in [4.69, 9.17) is 28.3 Å². The van der Waals surface area contributed by atoms with Crippen molar-refractivity contribution in [3.05, 3.63) is 28.2 Å². The number of carbonyl (C=O) groups is 2. The summed E-state index contributed by atoms with van der Waals surface area (Å²) in [4.78, 5) is 24.1. The van der Waals surface area contributed by atoms with Crippen LogP contribution in [0.1, 0.15) is 26.2 Å². The van der Waals surface area contributed by atoms with Gasteiger partial charge in [-0.2, -0.15) is 0 Å². The molecule has 1 aromatic carbocycles. The Hall–Kier alpha value is -1.26. The van der Waals surface area contributed by atoms with E-state index in [2.05, 4.69) is 0 Å². The van der Waals surface area contributed by atoms with Gasteiger partial charge in [-0.3, -0.25) is 9.59 Å². The summed E-state index contributed by atoms with van der Waals surface area (Å²) in [6.07, 6.45) is 0.836. The van der Waals surface area contributed by atoms with Crippen molar-refractivity contribution in [1.29, 1.82) is 0 Å². The van der Waals surface area contributed by atoms with Crippen LogP contribution >= 0.6 is 23.2 Å². The van der Waals surface area contributed by atoms with Gasteiger partial charge in [-0.1, -0.05) is 36.2 Å².